The molecule has 2 bridgehead atoms. The maximum absolute atomic E-state index is 12.6. The second-order valence-electron chi connectivity index (χ2n) is 5.85. The molecule has 0 aliphatic heterocycles. The summed E-state index contributed by atoms with van der Waals surface area (Å²) < 4.78 is 0. The summed E-state index contributed by atoms with van der Waals surface area (Å²) in [7, 11) is 1.79. The molecule has 3 N–H and O–H groups in total. The SMILES string of the molecule is CN(C(=O)C1C2CCC(C2)C1N)c1ccc(O)cc1. The Kier molecular flexibility index (Phi) is 2.97. The van der Waals surface area contributed by atoms with Crippen molar-refractivity contribution >= 4 is 11.6 Å². The second-order valence-corrected chi connectivity index (χ2v) is 5.85. The van der Waals surface area contributed by atoms with Gasteiger partial charge in [-0.2, -0.15) is 0 Å². The summed E-state index contributed by atoms with van der Waals surface area (Å²) in [5, 5.41) is 9.29. The molecule has 1 aromatic rings. The van der Waals surface area contributed by atoms with Crippen LogP contribution >= 0.6 is 0 Å². The van der Waals surface area contributed by atoms with E-state index in [1.54, 1.807) is 36.2 Å². The van der Waals surface area contributed by atoms with E-state index >= 15 is 0 Å². The molecule has 0 aromatic heterocycles. The lowest BCUT2D eigenvalue weighted by Crippen LogP contribution is -2.46. The highest BCUT2D eigenvalue weighted by atomic mass is 16.3. The smallest absolute Gasteiger partial charge is 0.231 e. The molecular weight excluding hydrogens is 240 g/mol. The van der Waals surface area contributed by atoms with E-state index in [0.29, 0.717) is 11.8 Å². The Balaban J connectivity index is 1.78. The van der Waals surface area contributed by atoms with Crippen molar-refractivity contribution in [1.82, 2.24) is 0 Å². The van der Waals surface area contributed by atoms with Crippen molar-refractivity contribution in [3.63, 3.8) is 0 Å². The van der Waals surface area contributed by atoms with Crippen LogP contribution in [-0.4, -0.2) is 24.1 Å². The highest BCUT2D eigenvalue weighted by Crippen LogP contribution is 2.48. The van der Waals surface area contributed by atoms with Crippen LogP contribution in [0.1, 0.15) is 19.3 Å². The van der Waals surface area contributed by atoms with E-state index < -0.39 is 0 Å². The Bertz CT molecular complexity index is 483. The molecule has 0 saturated heterocycles. The van der Waals surface area contributed by atoms with Crippen molar-refractivity contribution in [2.75, 3.05) is 11.9 Å². The Labute approximate surface area is 113 Å². The highest BCUT2D eigenvalue weighted by molar-refractivity contribution is 5.95. The topological polar surface area (TPSA) is 66.6 Å². The molecule has 4 unspecified atom stereocenters. The average molecular weight is 260 g/mol. The number of amides is 1. The highest BCUT2D eigenvalue weighted by Gasteiger charge is 2.49. The third kappa shape index (κ3) is 2.00. The number of fused-ring (bicyclic) bond motifs is 2. The molecule has 102 valence electrons. The first kappa shape index (κ1) is 12.5. The molecule has 0 radical (unpaired) electrons. The van der Waals surface area contributed by atoms with E-state index in [4.69, 9.17) is 5.73 Å². The predicted octanol–water partition coefficient (Wildman–Crippen LogP) is 1.73. The fraction of sp³-hybridized carbons (Fsp3) is 0.533. The van der Waals surface area contributed by atoms with Crippen LogP contribution < -0.4 is 10.6 Å². The normalized spacial score (nSPS) is 32.5. The van der Waals surface area contributed by atoms with Crippen LogP contribution in [0.3, 0.4) is 0 Å². The van der Waals surface area contributed by atoms with Crippen molar-refractivity contribution in [3.8, 4) is 5.75 Å². The summed E-state index contributed by atoms with van der Waals surface area (Å²) in [6.07, 6.45) is 3.43. The summed E-state index contributed by atoms with van der Waals surface area (Å²) in [5.41, 5.74) is 7.02. The lowest BCUT2D eigenvalue weighted by atomic mass is 9.84. The molecule has 2 aliphatic carbocycles. The zero-order valence-corrected chi connectivity index (χ0v) is 11.1. The molecular formula is C15H20N2O2. The molecule has 0 spiro atoms. The quantitative estimate of drug-likeness (QED) is 0.851. The molecule has 3 rings (SSSR count). The van der Waals surface area contributed by atoms with Crippen LogP contribution in [0.2, 0.25) is 0 Å². The number of nitrogens with two attached hydrogens (primary N) is 1. The number of anilines is 1. The number of carbonyl (C=O) groups is 1. The Morgan fingerprint density at radius 2 is 1.89 bits per heavy atom. The van der Waals surface area contributed by atoms with Gasteiger partial charge in [-0.1, -0.05) is 0 Å². The van der Waals surface area contributed by atoms with Crippen LogP contribution in [0.5, 0.6) is 5.75 Å². The molecule has 2 saturated carbocycles. The van der Waals surface area contributed by atoms with Gasteiger partial charge in [0.1, 0.15) is 5.75 Å². The number of rotatable bonds is 2. The van der Waals surface area contributed by atoms with E-state index in [2.05, 4.69) is 0 Å². The van der Waals surface area contributed by atoms with E-state index in [1.807, 2.05) is 0 Å². The number of carbonyl (C=O) groups excluding carboxylic acids is 1. The maximum atomic E-state index is 12.6. The van der Waals surface area contributed by atoms with E-state index in [1.165, 1.54) is 6.42 Å². The fourth-order valence-electron chi connectivity index (χ4n) is 3.73. The molecule has 4 nitrogen and oxygen atoms in total. The lowest BCUT2D eigenvalue weighted by molar-refractivity contribution is -0.124. The van der Waals surface area contributed by atoms with Gasteiger partial charge in [0.05, 0.1) is 5.92 Å². The number of phenols is 1. The number of nitrogens with zero attached hydrogens (tertiary/aromatic N) is 1. The first-order valence-corrected chi connectivity index (χ1v) is 6.90. The van der Waals surface area contributed by atoms with Crippen LogP contribution in [0.4, 0.5) is 5.69 Å². The van der Waals surface area contributed by atoms with Crippen LogP contribution in [-0.2, 0) is 4.79 Å². The van der Waals surface area contributed by atoms with E-state index in [-0.39, 0.29) is 23.6 Å². The average Bonchev–Trinajstić information content (AvgIpc) is 2.99. The van der Waals surface area contributed by atoms with Crippen LogP contribution in [0.25, 0.3) is 0 Å². The van der Waals surface area contributed by atoms with Gasteiger partial charge in [-0.25, -0.2) is 0 Å². The molecule has 4 heteroatoms. The van der Waals surface area contributed by atoms with Crippen LogP contribution in [0, 0.1) is 17.8 Å². The fourth-order valence-corrected chi connectivity index (χ4v) is 3.73. The minimum Gasteiger partial charge on any atom is -0.508 e. The minimum atomic E-state index is -0.0300. The molecule has 0 heterocycles. The van der Waals surface area contributed by atoms with Crippen molar-refractivity contribution < 1.29 is 9.90 Å². The zero-order chi connectivity index (χ0) is 13.6. The summed E-state index contributed by atoms with van der Waals surface area (Å²) in [6, 6.07) is 6.73. The van der Waals surface area contributed by atoms with E-state index in [9.17, 15) is 9.90 Å². The first-order chi connectivity index (χ1) is 9.08. The second kappa shape index (κ2) is 4.53. The number of benzene rings is 1. The summed E-state index contributed by atoms with van der Waals surface area (Å²) in [4.78, 5) is 14.3. The Morgan fingerprint density at radius 3 is 2.47 bits per heavy atom. The molecule has 19 heavy (non-hydrogen) atoms. The van der Waals surface area contributed by atoms with Crippen molar-refractivity contribution in [2.24, 2.45) is 23.5 Å². The van der Waals surface area contributed by atoms with Gasteiger partial charge < -0.3 is 15.7 Å². The summed E-state index contributed by atoms with van der Waals surface area (Å²) >= 11 is 0. The largest absolute Gasteiger partial charge is 0.508 e. The van der Waals surface area contributed by atoms with Gasteiger partial charge in [0, 0.05) is 18.8 Å². The predicted molar refractivity (Wildman–Crippen MR) is 73.8 cm³/mol. The molecule has 1 aromatic carbocycles. The number of hydrogen-bond acceptors (Lipinski definition) is 3. The van der Waals surface area contributed by atoms with Gasteiger partial charge in [-0.05, 0) is 55.4 Å². The van der Waals surface area contributed by atoms with Gasteiger partial charge in [-0.15, -0.1) is 0 Å². The monoisotopic (exact) mass is 260 g/mol. The summed E-state index contributed by atoms with van der Waals surface area (Å²) in [6.45, 7) is 0. The van der Waals surface area contributed by atoms with Gasteiger partial charge in [0.15, 0.2) is 0 Å². The molecule has 1 amide bonds. The molecule has 4 atom stereocenters. The van der Waals surface area contributed by atoms with Crippen molar-refractivity contribution in [2.45, 2.75) is 25.3 Å². The third-order valence-corrected chi connectivity index (χ3v) is 4.83. The zero-order valence-electron chi connectivity index (χ0n) is 11.1. The number of aromatic hydroxyl groups is 1. The summed E-state index contributed by atoms with van der Waals surface area (Å²) in [5.74, 6) is 1.29. The van der Waals surface area contributed by atoms with Gasteiger partial charge in [-0.3, -0.25) is 4.79 Å². The lowest BCUT2D eigenvalue weighted by Gasteiger charge is -2.30. The maximum Gasteiger partial charge on any atom is 0.231 e. The minimum absolute atomic E-state index is 0.0193. The number of phenolic OH excluding ortho intramolecular Hbond substituents is 1. The third-order valence-electron chi connectivity index (χ3n) is 4.83. The van der Waals surface area contributed by atoms with Crippen LogP contribution in [0.15, 0.2) is 24.3 Å². The molecule has 2 fully saturated rings. The van der Waals surface area contributed by atoms with Gasteiger partial charge in [0.2, 0.25) is 5.91 Å². The number of hydrogen-bond donors (Lipinski definition) is 2. The van der Waals surface area contributed by atoms with E-state index in [0.717, 1.165) is 18.5 Å². The molecule has 2 aliphatic rings. The van der Waals surface area contributed by atoms with Crippen molar-refractivity contribution in [1.29, 1.82) is 0 Å². The Morgan fingerprint density at radius 1 is 1.26 bits per heavy atom. The van der Waals surface area contributed by atoms with Crippen molar-refractivity contribution in [3.05, 3.63) is 24.3 Å². The van der Waals surface area contributed by atoms with Gasteiger partial charge >= 0.3 is 0 Å². The standard InChI is InChI=1S/C15H20N2O2/c1-17(11-4-6-12(18)7-5-11)15(19)13-9-2-3-10(8-9)14(13)16/h4-7,9-10,13-14,18H,2-3,8,16H2,1H3. The first-order valence-electron chi connectivity index (χ1n) is 6.90. The Hall–Kier alpha value is -1.55. The van der Waals surface area contributed by atoms with Gasteiger partial charge in [0.25, 0.3) is 0 Å².